The first-order valence-corrected chi connectivity index (χ1v) is 14.2. The van der Waals surface area contributed by atoms with Crippen LogP contribution in [0.2, 0.25) is 4.34 Å². The van der Waals surface area contributed by atoms with Crippen molar-refractivity contribution >= 4 is 56.5 Å². The molecule has 0 bridgehead atoms. The molecule has 0 aliphatic carbocycles. The van der Waals surface area contributed by atoms with Gasteiger partial charge in [0.05, 0.1) is 10.0 Å². The van der Waals surface area contributed by atoms with Gasteiger partial charge in [0.25, 0.3) is 5.91 Å². The van der Waals surface area contributed by atoms with E-state index >= 15 is 4.39 Å². The fraction of sp³-hybridized carbons (Fsp3) is 0.231. The van der Waals surface area contributed by atoms with Gasteiger partial charge in [-0.1, -0.05) is 41.9 Å². The normalized spacial score (nSPS) is 16.0. The van der Waals surface area contributed by atoms with E-state index in [2.05, 4.69) is 4.72 Å². The van der Waals surface area contributed by atoms with Gasteiger partial charge in [0.1, 0.15) is 11.9 Å². The molecule has 194 valence electrons. The molecule has 3 aromatic rings. The Balaban J connectivity index is 1.38. The van der Waals surface area contributed by atoms with Gasteiger partial charge in [0.2, 0.25) is 15.9 Å². The smallest absolute Gasteiger partial charge is 0.253 e. The van der Waals surface area contributed by atoms with E-state index in [4.69, 9.17) is 11.6 Å². The Morgan fingerprint density at radius 3 is 2.65 bits per heavy atom. The molecule has 1 aliphatic heterocycles. The van der Waals surface area contributed by atoms with E-state index in [0.717, 1.165) is 17.0 Å². The van der Waals surface area contributed by atoms with Gasteiger partial charge < -0.3 is 9.80 Å². The van der Waals surface area contributed by atoms with Crippen molar-refractivity contribution in [1.29, 1.82) is 0 Å². The zero-order chi connectivity index (χ0) is 26.6. The first-order valence-electron chi connectivity index (χ1n) is 11.5. The Bertz CT molecular complexity index is 1430. The Labute approximate surface area is 224 Å². The number of sulfonamides is 1. The predicted octanol–water partition coefficient (Wildman–Crippen LogP) is 4.55. The highest BCUT2D eigenvalue weighted by atomic mass is 35.5. The number of likely N-dealkylation sites (N-methyl/N-ethyl adjacent to an activating group) is 1. The minimum atomic E-state index is -3.91. The maximum absolute atomic E-state index is 15.0. The second-order valence-corrected chi connectivity index (χ2v) is 11.9. The maximum atomic E-state index is 15.0. The molecule has 4 rings (SSSR count). The number of benzene rings is 2. The number of carbonyl (C=O) groups is 2. The summed E-state index contributed by atoms with van der Waals surface area (Å²) in [4.78, 5) is 29.0. The number of amides is 2. The summed E-state index contributed by atoms with van der Waals surface area (Å²) in [6.45, 7) is 0.601. The number of thiophene rings is 1. The van der Waals surface area contributed by atoms with Gasteiger partial charge >= 0.3 is 0 Å². The van der Waals surface area contributed by atoms with Gasteiger partial charge in [0, 0.05) is 36.0 Å². The number of anilines is 1. The second-order valence-electron chi connectivity index (χ2n) is 8.57. The molecule has 0 spiro atoms. The summed E-state index contributed by atoms with van der Waals surface area (Å²) in [6.07, 6.45) is 2.24. The molecule has 37 heavy (non-hydrogen) atoms. The van der Waals surface area contributed by atoms with Gasteiger partial charge in [0.15, 0.2) is 0 Å². The first-order chi connectivity index (χ1) is 17.6. The van der Waals surface area contributed by atoms with Gasteiger partial charge in [-0.25, -0.2) is 12.8 Å². The molecule has 1 saturated heterocycles. The highest BCUT2D eigenvalue weighted by Crippen LogP contribution is 2.27. The zero-order valence-electron chi connectivity index (χ0n) is 19.9. The topological polar surface area (TPSA) is 86.8 Å². The van der Waals surface area contributed by atoms with Crippen LogP contribution in [0.1, 0.15) is 27.2 Å². The Hall–Kier alpha value is -3.05. The van der Waals surface area contributed by atoms with Crippen molar-refractivity contribution in [2.45, 2.75) is 18.9 Å². The second kappa shape index (κ2) is 11.6. The van der Waals surface area contributed by atoms with Crippen LogP contribution in [0.4, 0.5) is 10.1 Å². The quantitative estimate of drug-likeness (QED) is 0.415. The molecule has 2 aromatic carbocycles. The lowest BCUT2D eigenvalue weighted by Crippen LogP contribution is -2.41. The lowest BCUT2D eigenvalue weighted by atomic mass is 10.1. The number of halogens is 2. The first kappa shape index (κ1) is 27.0. The standard InChI is InChI=1S/C26H25ClFN3O4S2/c1-30(14-11-18-5-3-2-4-6-18)25(32)19-7-9-23(21(28)17-19)31-15-12-22(26(31)33)29-37(34,35)16-13-20-8-10-24(27)36-20/h2-10,13,16-17,22,29H,11-12,14-15H2,1H3. The van der Waals surface area contributed by atoms with Crippen molar-refractivity contribution in [1.82, 2.24) is 9.62 Å². The molecule has 2 heterocycles. The van der Waals surface area contributed by atoms with Crippen LogP contribution in [-0.2, 0) is 21.2 Å². The van der Waals surface area contributed by atoms with Crippen LogP contribution in [0, 0.1) is 5.82 Å². The lowest BCUT2D eigenvalue weighted by Gasteiger charge is -2.20. The lowest BCUT2D eigenvalue weighted by molar-refractivity contribution is -0.118. The molecule has 1 unspecified atom stereocenters. The molecule has 1 aromatic heterocycles. The van der Waals surface area contributed by atoms with Crippen molar-refractivity contribution in [3.05, 3.63) is 92.2 Å². The van der Waals surface area contributed by atoms with Crippen LogP contribution in [0.3, 0.4) is 0 Å². The molecule has 2 amide bonds. The third kappa shape index (κ3) is 6.84. The molecule has 11 heteroatoms. The van der Waals surface area contributed by atoms with Gasteiger partial charge in [-0.3, -0.25) is 9.59 Å². The van der Waals surface area contributed by atoms with Crippen LogP contribution in [0.25, 0.3) is 6.08 Å². The van der Waals surface area contributed by atoms with E-state index in [1.165, 1.54) is 39.3 Å². The third-order valence-electron chi connectivity index (χ3n) is 5.93. The van der Waals surface area contributed by atoms with Crippen LogP contribution < -0.4 is 9.62 Å². The molecule has 7 nitrogen and oxygen atoms in total. The van der Waals surface area contributed by atoms with Crippen molar-refractivity contribution in [2.24, 2.45) is 0 Å². The summed E-state index contributed by atoms with van der Waals surface area (Å²) in [5.41, 5.74) is 1.26. The molecule has 1 aliphatic rings. The number of nitrogens with zero attached hydrogens (tertiary/aromatic N) is 2. The van der Waals surface area contributed by atoms with Crippen LogP contribution in [0.5, 0.6) is 0 Å². The number of hydrogen-bond acceptors (Lipinski definition) is 5. The monoisotopic (exact) mass is 561 g/mol. The van der Waals surface area contributed by atoms with Crippen LogP contribution in [-0.4, -0.2) is 51.3 Å². The zero-order valence-corrected chi connectivity index (χ0v) is 22.3. The largest absolute Gasteiger partial charge is 0.341 e. The van der Waals surface area contributed by atoms with E-state index < -0.39 is 27.8 Å². The minimum Gasteiger partial charge on any atom is -0.341 e. The number of carbonyl (C=O) groups excluding carboxylic acids is 2. The van der Waals surface area contributed by atoms with E-state index in [0.29, 0.717) is 22.2 Å². The molecule has 1 fully saturated rings. The predicted molar refractivity (Wildman–Crippen MR) is 145 cm³/mol. The van der Waals surface area contributed by atoms with E-state index in [1.54, 1.807) is 19.2 Å². The molecular formula is C26H25ClFN3O4S2. The number of nitrogens with one attached hydrogen (secondary N) is 1. The maximum Gasteiger partial charge on any atom is 0.253 e. The summed E-state index contributed by atoms with van der Waals surface area (Å²) in [5.74, 6) is -1.62. The molecule has 0 radical (unpaired) electrons. The Morgan fingerprint density at radius 2 is 1.97 bits per heavy atom. The van der Waals surface area contributed by atoms with E-state index in [-0.39, 0.29) is 30.1 Å². The van der Waals surface area contributed by atoms with Gasteiger partial charge in [-0.15, -0.1) is 11.3 Å². The van der Waals surface area contributed by atoms with Crippen molar-refractivity contribution in [2.75, 3.05) is 25.0 Å². The third-order valence-corrected chi connectivity index (χ3v) is 8.23. The SMILES string of the molecule is CN(CCc1ccccc1)C(=O)c1ccc(N2CCC(NS(=O)(=O)C=Cc3ccc(Cl)s3)C2=O)c(F)c1. The summed E-state index contributed by atoms with van der Waals surface area (Å²) in [5, 5.41) is 0.973. The fourth-order valence-electron chi connectivity index (χ4n) is 3.96. The average Bonchev–Trinajstić information content (AvgIpc) is 3.46. The summed E-state index contributed by atoms with van der Waals surface area (Å²) in [6, 6.07) is 16.0. The number of rotatable bonds is 9. The summed E-state index contributed by atoms with van der Waals surface area (Å²) in [7, 11) is -2.26. The van der Waals surface area contributed by atoms with Crippen LogP contribution in [0.15, 0.2) is 66.1 Å². The Kier molecular flexibility index (Phi) is 8.43. The fourth-order valence-corrected chi connectivity index (χ4v) is 6.03. The number of hydrogen-bond donors (Lipinski definition) is 1. The van der Waals surface area contributed by atoms with Crippen molar-refractivity contribution in [3.63, 3.8) is 0 Å². The van der Waals surface area contributed by atoms with Gasteiger partial charge in [-0.2, -0.15) is 4.72 Å². The summed E-state index contributed by atoms with van der Waals surface area (Å²) >= 11 is 7.07. The highest BCUT2D eigenvalue weighted by molar-refractivity contribution is 7.92. The van der Waals surface area contributed by atoms with Gasteiger partial charge in [-0.05, 0) is 54.8 Å². The van der Waals surface area contributed by atoms with Crippen LogP contribution >= 0.6 is 22.9 Å². The average molecular weight is 562 g/mol. The molecule has 1 N–H and O–H groups in total. The highest BCUT2D eigenvalue weighted by Gasteiger charge is 2.36. The van der Waals surface area contributed by atoms with Crippen molar-refractivity contribution < 1.29 is 22.4 Å². The Morgan fingerprint density at radius 1 is 1.22 bits per heavy atom. The summed E-state index contributed by atoms with van der Waals surface area (Å²) < 4.78 is 42.8. The molecule has 0 saturated carbocycles. The van der Waals surface area contributed by atoms with E-state index in [9.17, 15) is 18.0 Å². The van der Waals surface area contributed by atoms with E-state index in [1.807, 2.05) is 30.3 Å². The molecule has 1 atom stereocenters. The van der Waals surface area contributed by atoms with Crippen molar-refractivity contribution in [3.8, 4) is 0 Å². The molecular weight excluding hydrogens is 537 g/mol. The minimum absolute atomic E-state index is 0.000967.